The van der Waals surface area contributed by atoms with Crippen molar-refractivity contribution in [2.24, 2.45) is 0 Å². The third-order valence-electron chi connectivity index (χ3n) is 3.11. The van der Waals surface area contributed by atoms with Crippen molar-refractivity contribution >= 4 is 31.9 Å². The second-order valence-corrected chi connectivity index (χ2v) is 6.31. The van der Waals surface area contributed by atoms with Gasteiger partial charge in [-0.2, -0.15) is 0 Å². The molecule has 1 aliphatic rings. The van der Waals surface area contributed by atoms with E-state index in [9.17, 15) is 0 Å². The summed E-state index contributed by atoms with van der Waals surface area (Å²) in [5, 5.41) is 3.35. The summed E-state index contributed by atoms with van der Waals surface area (Å²) < 4.78 is 7.81. The minimum atomic E-state index is 0.504. The highest BCUT2D eigenvalue weighted by molar-refractivity contribution is 9.11. The molecule has 1 heterocycles. The fourth-order valence-corrected chi connectivity index (χ4v) is 3.26. The molecule has 1 saturated carbocycles. The number of aromatic nitrogens is 1. The van der Waals surface area contributed by atoms with Crippen LogP contribution in [0.1, 0.15) is 31.4 Å². The molecular weight excluding hydrogens is 360 g/mol. The Kier molecular flexibility index (Phi) is 6.08. The highest BCUT2D eigenvalue weighted by atomic mass is 79.9. The zero-order valence-electron chi connectivity index (χ0n) is 10.3. The highest BCUT2D eigenvalue weighted by Gasteiger charge is 2.14. The molecule has 1 aromatic heterocycles. The molecule has 1 fully saturated rings. The average molecular weight is 378 g/mol. The quantitative estimate of drug-likeness (QED) is 0.768. The number of halogens is 2. The molecule has 0 aliphatic heterocycles. The molecule has 1 aliphatic carbocycles. The fourth-order valence-electron chi connectivity index (χ4n) is 2.13. The standard InChI is InChI=1S/C13H18Br2N2O/c14-10-7-12(15)13(17-8-10)9-16-5-6-18-11-3-1-2-4-11/h7-8,11,16H,1-6,9H2. The molecule has 18 heavy (non-hydrogen) atoms. The molecule has 0 atom stereocenters. The molecule has 2 rings (SSSR count). The SMILES string of the molecule is Brc1cnc(CNCCOC2CCCC2)c(Br)c1. The van der Waals surface area contributed by atoms with E-state index in [0.29, 0.717) is 6.10 Å². The summed E-state index contributed by atoms with van der Waals surface area (Å²) in [6, 6.07) is 2.01. The van der Waals surface area contributed by atoms with E-state index in [1.807, 2.05) is 12.3 Å². The van der Waals surface area contributed by atoms with Crippen molar-refractivity contribution in [3.05, 3.63) is 26.9 Å². The van der Waals surface area contributed by atoms with Crippen LogP contribution in [-0.2, 0) is 11.3 Å². The summed E-state index contributed by atoms with van der Waals surface area (Å²) in [6.07, 6.45) is 7.45. The van der Waals surface area contributed by atoms with Crippen molar-refractivity contribution in [1.82, 2.24) is 10.3 Å². The van der Waals surface area contributed by atoms with E-state index in [1.54, 1.807) is 0 Å². The van der Waals surface area contributed by atoms with Gasteiger partial charge in [0, 0.05) is 28.2 Å². The van der Waals surface area contributed by atoms with Gasteiger partial charge < -0.3 is 10.1 Å². The Labute approximate surface area is 125 Å². The second kappa shape index (κ2) is 7.58. The molecule has 1 N–H and O–H groups in total. The van der Waals surface area contributed by atoms with Gasteiger partial charge in [0.25, 0.3) is 0 Å². The van der Waals surface area contributed by atoms with Gasteiger partial charge in [-0.05, 0) is 50.8 Å². The first-order chi connectivity index (χ1) is 8.75. The Balaban J connectivity index is 1.62. The van der Waals surface area contributed by atoms with Gasteiger partial charge in [0.2, 0.25) is 0 Å². The molecule has 0 bridgehead atoms. The van der Waals surface area contributed by atoms with E-state index in [4.69, 9.17) is 4.74 Å². The number of nitrogens with one attached hydrogen (secondary N) is 1. The Morgan fingerprint density at radius 2 is 2.11 bits per heavy atom. The number of rotatable bonds is 6. The summed E-state index contributed by atoms with van der Waals surface area (Å²) >= 11 is 6.90. The molecule has 0 radical (unpaired) electrons. The van der Waals surface area contributed by atoms with E-state index in [1.165, 1.54) is 25.7 Å². The van der Waals surface area contributed by atoms with Gasteiger partial charge in [-0.1, -0.05) is 12.8 Å². The molecule has 0 unspecified atom stereocenters. The van der Waals surface area contributed by atoms with Crippen LogP contribution in [0.25, 0.3) is 0 Å². The Morgan fingerprint density at radius 3 is 2.83 bits per heavy atom. The van der Waals surface area contributed by atoms with Gasteiger partial charge in [0.05, 0.1) is 18.4 Å². The lowest BCUT2D eigenvalue weighted by Gasteiger charge is -2.11. The average Bonchev–Trinajstić information content (AvgIpc) is 2.84. The Hall–Kier alpha value is 0.0300. The van der Waals surface area contributed by atoms with Crippen molar-refractivity contribution in [3.63, 3.8) is 0 Å². The van der Waals surface area contributed by atoms with E-state index in [-0.39, 0.29) is 0 Å². The molecule has 0 spiro atoms. The summed E-state index contributed by atoms with van der Waals surface area (Å²) in [5.41, 5.74) is 1.03. The zero-order valence-corrected chi connectivity index (χ0v) is 13.5. The third-order valence-corrected chi connectivity index (χ3v) is 4.23. The van der Waals surface area contributed by atoms with E-state index >= 15 is 0 Å². The number of hydrogen-bond acceptors (Lipinski definition) is 3. The topological polar surface area (TPSA) is 34.2 Å². The predicted molar refractivity (Wildman–Crippen MR) is 79.6 cm³/mol. The van der Waals surface area contributed by atoms with Gasteiger partial charge in [-0.25, -0.2) is 0 Å². The first kappa shape index (κ1) is 14.4. The molecule has 0 amide bonds. The molecule has 1 aromatic rings. The summed E-state index contributed by atoms with van der Waals surface area (Å²) in [7, 11) is 0. The maximum Gasteiger partial charge on any atom is 0.0684 e. The van der Waals surface area contributed by atoms with Crippen molar-refractivity contribution in [3.8, 4) is 0 Å². The lowest BCUT2D eigenvalue weighted by atomic mass is 10.3. The predicted octanol–water partition coefficient (Wildman–Crippen LogP) is 3.66. The van der Waals surface area contributed by atoms with Crippen LogP contribution in [0.4, 0.5) is 0 Å². The monoisotopic (exact) mass is 376 g/mol. The summed E-state index contributed by atoms with van der Waals surface area (Å²) in [6.45, 7) is 2.43. The smallest absolute Gasteiger partial charge is 0.0684 e. The molecule has 5 heteroatoms. The van der Waals surface area contributed by atoms with Crippen LogP contribution in [0.5, 0.6) is 0 Å². The molecular formula is C13H18Br2N2O. The van der Waals surface area contributed by atoms with Crippen LogP contribution >= 0.6 is 31.9 Å². The largest absolute Gasteiger partial charge is 0.377 e. The lowest BCUT2D eigenvalue weighted by Crippen LogP contribution is -2.22. The lowest BCUT2D eigenvalue weighted by molar-refractivity contribution is 0.0602. The van der Waals surface area contributed by atoms with Crippen LogP contribution in [0, 0.1) is 0 Å². The van der Waals surface area contributed by atoms with Crippen LogP contribution in [0.15, 0.2) is 21.2 Å². The van der Waals surface area contributed by atoms with E-state index in [2.05, 4.69) is 42.2 Å². The number of ether oxygens (including phenoxy) is 1. The van der Waals surface area contributed by atoms with Gasteiger partial charge in [-0.15, -0.1) is 0 Å². The van der Waals surface area contributed by atoms with Crippen LogP contribution in [-0.4, -0.2) is 24.2 Å². The third kappa shape index (κ3) is 4.61. The highest BCUT2D eigenvalue weighted by Crippen LogP contribution is 2.21. The first-order valence-corrected chi connectivity index (χ1v) is 7.96. The number of hydrogen-bond donors (Lipinski definition) is 1. The molecule has 100 valence electrons. The van der Waals surface area contributed by atoms with E-state index < -0.39 is 0 Å². The van der Waals surface area contributed by atoms with Gasteiger partial charge in [0.15, 0.2) is 0 Å². The van der Waals surface area contributed by atoms with Gasteiger partial charge in [-0.3, -0.25) is 4.98 Å². The number of pyridine rings is 1. The van der Waals surface area contributed by atoms with Gasteiger partial charge >= 0.3 is 0 Å². The van der Waals surface area contributed by atoms with Crippen molar-refractivity contribution in [2.45, 2.75) is 38.3 Å². The maximum absolute atomic E-state index is 5.79. The molecule has 3 nitrogen and oxygen atoms in total. The Morgan fingerprint density at radius 1 is 1.33 bits per heavy atom. The van der Waals surface area contributed by atoms with Crippen LogP contribution < -0.4 is 5.32 Å². The molecule has 0 saturated heterocycles. The van der Waals surface area contributed by atoms with Crippen LogP contribution in [0.3, 0.4) is 0 Å². The van der Waals surface area contributed by atoms with E-state index in [0.717, 1.165) is 34.3 Å². The summed E-state index contributed by atoms with van der Waals surface area (Å²) in [4.78, 5) is 4.36. The van der Waals surface area contributed by atoms with Crippen molar-refractivity contribution in [2.75, 3.05) is 13.2 Å². The maximum atomic E-state index is 5.79. The van der Waals surface area contributed by atoms with Crippen molar-refractivity contribution < 1.29 is 4.74 Å². The first-order valence-electron chi connectivity index (χ1n) is 6.38. The minimum absolute atomic E-state index is 0.504. The van der Waals surface area contributed by atoms with Gasteiger partial charge in [0.1, 0.15) is 0 Å². The minimum Gasteiger partial charge on any atom is -0.377 e. The number of nitrogens with zero attached hydrogens (tertiary/aromatic N) is 1. The van der Waals surface area contributed by atoms with Crippen molar-refractivity contribution in [1.29, 1.82) is 0 Å². The zero-order chi connectivity index (χ0) is 12.8. The van der Waals surface area contributed by atoms with Crippen LogP contribution in [0.2, 0.25) is 0 Å². The Bertz CT molecular complexity index is 381. The summed E-state index contributed by atoms with van der Waals surface area (Å²) in [5.74, 6) is 0. The molecule has 0 aromatic carbocycles. The fraction of sp³-hybridized carbons (Fsp3) is 0.615. The normalized spacial score (nSPS) is 16.3. The second-order valence-electron chi connectivity index (χ2n) is 4.54.